The van der Waals surface area contributed by atoms with Crippen molar-refractivity contribution in [3.05, 3.63) is 82.2 Å². The van der Waals surface area contributed by atoms with Crippen LogP contribution < -0.4 is 10.9 Å². The maximum Gasteiger partial charge on any atom is 0.275 e. The van der Waals surface area contributed by atoms with Crippen molar-refractivity contribution in [1.29, 1.82) is 0 Å². The van der Waals surface area contributed by atoms with E-state index in [0.717, 1.165) is 11.0 Å². The molecule has 0 radical (unpaired) electrons. The molecule has 5 nitrogen and oxygen atoms in total. The highest BCUT2D eigenvalue weighted by atomic mass is 35.5. The number of hydrogen-bond donors (Lipinski definition) is 1. The van der Waals surface area contributed by atoms with Crippen molar-refractivity contribution in [2.45, 2.75) is 19.4 Å². The molecule has 6 heteroatoms. The highest BCUT2D eigenvalue weighted by Crippen LogP contribution is 2.16. The van der Waals surface area contributed by atoms with Crippen LogP contribution in [0.4, 0.5) is 5.69 Å². The number of nitrogens with one attached hydrogen (secondary N) is 1. The number of amides is 1. The number of rotatable bonds is 5. The Morgan fingerprint density at radius 1 is 0.926 bits per heavy atom. The molecule has 0 atom stereocenters. The number of aryl methyl sites for hydroxylation is 1. The lowest BCUT2D eigenvalue weighted by atomic mass is 10.2. The third-order valence-corrected chi connectivity index (χ3v) is 4.81. The maximum atomic E-state index is 12.8. The molecule has 1 amide bonds. The summed E-state index contributed by atoms with van der Waals surface area (Å²) >= 11 is 5.85. The molecule has 4 aromatic rings. The Labute approximate surface area is 160 Å². The van der Waals surface area contributed by atoms with Crippen LogP contribution in [0.3, 0.4) is 0 Å². The standard InChI is InChI=1S/C21H18ClN3O2/c22-15-9-11-16(12-10-15)23-20(26)8-4-14-25-18-6-2-1-5-17(18)24-13-3-7-19(24)21(25)27/h1-3,5-7,9-13H,4,8,14H2,(H,23,26). The maximum absolute atomic E-state index is 12.8. The van der Waals surface area contributed by atoms with Crippen LogP contribution in [-0.4, -0.2) is 14.9 Å². The molecular formula is C21H18ClN3O2. The summed E-state index contributed by atoms with van der Waals surface area (Å²) in [5.41, 5.74) is 3.14. The van der Waals surface area contributed by atoms with Crippen molar-refractivity contribution in [3.8, 4) is 0 Å². The Balaban J connectivity index is 1.51. The molecule has 0 spiro atoms. The number of carbonyl (C=O) groups excluding carboxylic acids is 1. The Hall–Kier alpha value is -3.05. The second-order valence-electron chi connectivity index (χ2n) is 6.37. The largest absolute Gasteiger partial charge is 0.326 e. The van der Waals surface area contributed by atoms with Crippen molar-refractivity contribution < 1.29 is 4.79 Å². The number of nitrogens with zero attached hydrogens (tertiary/aromatic N) is 2. The molecule has 2 aromatic heterocycles. The molecule has 0 aliphatic carbocycles. The normalized spacial score (nSPS) is 11.1. The van der Waals surface area contributed by atoms with Crippen LogP contribution in [0.25, 0.3) is 16.6 Å². The number of anilines is 1. The summed E-state index contributed by atoms with van der Waals surface area (Å²) in [6, 6.07) is 18.5. The molecule has 2 heterocycles. The fraction of sp³-hybridized carbons (Fsp3) is 0.143. The predicted octanol–water partition coefficient (Wildman–Crippen LogP) is 4.33. The second kappa shape index (κ2) is 7.29. The summed E-state index contributed by atoms with van der Waals surface area (Å²) in [4.78, 5) is 25.0. The zero-order valence-corrected chi connectivity index (χ0v) is 15.3. The van der Waals surface area contributed by atoms with E-state index in [-0.39, 0.29) is 11.5 Å². The third-order valence-electron chi connectivity index (χ3n) is 4.56. The van der Waals surface area contributed by atoms with Gasteiger partial charge in [-0.1, -0.05) is 23.7 Å². The number of hydrogen-bond acceptors (Lipinski definition) is 2. The van der Waals surface area contributed by atoms with Gasteiger partial charge in [-0.2, -0.15) is 0 Å². The molecule has 27 heavy (non-hydrogen) atoms. The third kappa shape index (κ3) is 3.46. The Kier molecular flexibility index (Phi) is 4.69. The molecule has 0 aliphatic heterocycles. The van der Waals surface area contributed by atoms with Gasteiger partial charge in [0.2, 0.25) is 5.91 Å². The molecular weight excluding hydrogens is 362 g/mol. The minimum atomic E-state index is -0.0848. The molecule has 0 fully saturated rings. The highest BCUT2D eigenvalue weighted by Gasteiger charge is 2.10. The van der Waals surface area contributed by atoms with Crippen molar-refractivity contribution in [1.82, 2.24) is 8.97 Å². The first-order chi connectivity index (χ1) is 13.1. The fourth-order valence-corrected chi connectivity index (χ4v) is 3.41. The predicted molar refractivity (Wildman–Crippen MR) is 108 cm³/mol. The van der Waals surface area contributed by atoms with Crippen LogP contribution in [-0.2, 0) is 11.3 Å². The van der Waals surface area contributed by atoms with E-state index in [1.54, 1.807) is 28.8 Å². The molecule has 136 valence electrons. The van der Waals surface area contributed by atoms with E-state index in [9.17, 15) is 9.59 Å². The number of para-hydroxylation sites is 2. The summed E-state index contributed by atoms with van der Waals surface area (Å²) in [5, 5.41) is 3.47. The summed E-state index contributed by atoms with van der Waals surface area (Å²) in [6.07, 6.45) is 2.79. The van der Waals surface area contributed by atoms with Gasteiger partial charge in [-0.3, -0.25) is 9.59 Å². The van der Waals surface area contributed by atoms with E-state index in [1.807, 2.05) is 47.0 Å². The van der Waals surface area contributed by atoms with Gasteiger partial charge in [0, 0.05) is 29.9 Å². The average molecular weight is 380 g/mol. The van der Waals surface area contributed by atoms with E-state index in [0.29, 0.717) is 35.6 Å². The van der Waals surface area contributed by atoms with E-state index < -0.39 is 0 Å². The summed E-state index contributed by atoms with van der Waals surface area (Å²) < 4.78 is 3.65. The first-order valence-corrected chi connectivity index (χ1v) is 9.15. The smallest absolute Gasteiger partial charge is 0.275 e. The van der Waals surface area contributed by atoms with Gasteiger partial charge in [0.15, 0.2) is 0 Å². The molecule has 0 saturated heterocycles. The lowest BCUT2D eigenvalue weighted by Crippen LogP contribution is -2.23. The number of halogens is 1. The average Bonchev–Trinajstić information content (AvgIpc) is 3.17. The van der Waals surface area contributed by atoms with Gasteiger partial charge in [-0.05, 0) is 55.0 Å². The van der Waals surface area contributed by atoms with Gasteiger partial charge >= 0.3 is 0 Å². The van der Waals surface area contributed by atoms with Crippen LogP contribution in [0, 0.1) is 0 Å². The minimum Gasteiger partial charge on any atom is -0.326 e. The summed E-state index contributed by atoms with van der Waals surface area (Å²) in [5.74, 6) is -0.0848. The van der Waals surface area contributed by atoms with E-state index in [2.05, 4.69) is 5.32 Å². The quantitative estimate of drug-likeness (QED) is 0.561. The van der Waals surface area contributed by atoms with E-state index in [4.69, 9.17) is 11.6 Å². The zero-order chi connectivity index (χ0) is 18.8. The SMILES string of the molecule is O=C(CCCn1c(=O)c2cccn2c2ccccc21)Nc1ccc(Cl)cc1. The van der Waals surface area contributed by atoms with E-state index >= 15 is 0 Å². The topological polar surface area (TPSA) is 55.5 Å². The van der Waals surface area contributed by atoms with Gasteiger partial charge in [0.05, 0.1) is 11.0 Å². The molecule has 0 unspecified atom stereocenters. The molecule has 0 aliphatic rings. The lowest BCUT2D eigenvalue weighted by molar-refractivity contribution is -0.116. The molecule has 4 rings (SSSR count). The van der Waals surface area contributed by atoms with Gasteiger partial charge in [0.1, 0.15) is 5.52 Å². The molecule has 0 saturated carbocycles. The van der Waals surface area contributed by atoms with Crippen LogP contribution in [0.15, 0.2) is 71.7 Å². The molecule has 0 bridgehead atoms. The lowest BCUT2D eigenvalue weighted by Gasteiger charge is -2.12. The van der Waals surface area contributed by atoms with Gasteiger partial charge in [-0.25, -0.2) is 0 Å². The van der Waals surface area contributed by atoms with Crippen molar-refractivity contribution in [2.24, 2.45) is 0 Å². The van der Waals surface area contributed by atoms with Crippen molar-refractivity contribution in [3.63, 3.8) is 0 Å². The Bertz CT molecular complexity index is 1180. The number of carbonyl (C=O) groups is 1. The number of aromatic nitrogens is 2. The molecule has 2 aromatic carbocycles. The zero-order valence-electron chi connectivity index (χ0n) is 14.6. The minimum absolute atomic E-state index is 0.0446. The van der Waals surface area contributed by atoms with Crippen LogP contribution in [0.1, 0.15) is 12.8 Å². The highest BCUT2D eigenvalue weighted by molar-refractivity contribution is 6.30. The monoisotopic (exact) mass is 379 g/mol. The van der Waals surface area contributed by atoms with Gasteiger partial charge < -0.3 is 14.3 Å². The number of fused-ring (bicyclic) bond motifs is 3. The second-order valence-corrected chi connectivity index (χ2v) is 6.80. The van der Waals surface area contributed by atoms with Crippen molar-refractivity contribution in [2.75, 3.05) is 5.32 Å². The van der Waals surface area contributed by atoms with Crippen LogP contribution in [0.5, 0.6) is 0 Å². The van der Waals surface area contributed by atoms with Gasteiger partial charge in [0.25, 0.3) is 5.56 Å². The molecule has 1 N–H and O–H groups in total. The summed E-state index contributed by atoms with van der Waals surface area (Å²) in [6.45, 7) is 0.481. The Morgan fingerprint density at radius 3 is 2.41 bits per heavy atom. The van der Waals surface area contributed by atoms with Crippen LogP contribution >= 0.6 is 11.6 Å². The van der Waals surface area contributed by atoms with E-state index in [1.165, 1.54) is 0 Å². The van der Waals surface area contributed by atoms with Crippen LogP contribution in [0.2, 0.25) is 5.02 Å². The summed E-state index contributed by atoms with van der Waals surface area (Å²) in [7, 11) is 0. The van der Waals surface area contributed by atoms with Crippen molar-refractivity contribution >= 4 is 39.7 Å². The first kappa shape index (κ1) is 17.4. The Morgan fingerprint density at radius 2 is 1.63 bits per heavy atom. The first-order valence-electron chi connectivity index (χ1n) is 8.77. The van der Waals surface area contributed by atoms with Gasteiger partial charge in [-0.15, -0.1) is 0 Å². The fourth-order valence-electron chi connectivity index (χ4n) is 3.29. The number of benzene rings is 2.